The molecule has 5 aromatic rings. The lowest BCUT2D eigenvalue weighted by atomic mass is 9.88. The molecule has 3 saturated heterocycles. The SMILES string of the molecule is C=C1C[C@@H](C2OCCC2C(=O)OCc2ccc(NC(=O)[C@H](C)CC(=O)[C@@H](C)C(C)C)cc2)N(C(=O)c2cc(OC)c(OCCCCCOc3ccc(C4=Nc5ccc(C6=Nc7cc(N8CCN(C)CC8)ccc7C6)cc5C4)cc3)cc2N)C1. The molecule has 3 N–H and O–H groups in total. The number of hydrogen-bond donors (Lipinski definition) is 2. The van der Waals surface area contributed by atoms with E-state index in [0.29, 0.717) is 49.8 Å². The first-order valence-corrected chi connectivity index (χ1v) is 29.5. The first kappa shape index (κ1) is 58.4. The minimum absolute atomic E-state index is 0.0198. The van der Waals surface area contributed by atoms with Gasteiger partial charge in [-0.3, -0.25) is 29.2 Å². The molecule has 2 unspecified atom stereocenters. The summed E-state index contributed by atoms with van der Waals surface area (Å²) in [5.74, 6) is -0.237. The first-order valence-electron chi connectivity index (χ1n) is 29.5. The Hall–Kier alpha value is -7.82. The number of piperazine rings is 1. The number of esters is 1. The number of ether oxygens (including phenoxy) is 5. The topological polar surface area (TPSA) is 187 Å². The Morgan fingerprint density at radius 1 is 0.783 bits per heavy atom. The van der Waals surface area contributed by atoms with Gasteiger partial charge in [-0.05, 0) is 140 Å². The zero-order chi connectivity index (χ0) is 58.3. The Balaban J connectivity index is 0.648. The maximum atomic E-state index is 14.4. The van der Waals surface area contributed by atoms with Crippen LogP contribution < -0.4 is 30.2 Å². The third-order valence-corrected chi connectivity index (χ3v) is 17.1. The fourth-order valence-electron chi connectivity index (χ4n) is 11.6. The highest BCUT2D eigenvalue weighted by Crippen LogP contribution is 2.40. The molecule has 0 aliphatic carbocycles. The van der Waals surface area contributed by atoms with Crippen LogP contribution in [0, 0.1) is 23.7 Å². The molecule has 5 aromatic carbocycles. The number of hydrogen-bond acceptors (Lipinski definition) is 14. The summed E-state index contributed by atoms with van der Waals surface area (Å²) in [5, 5.41) is 2.88. The number of rotatable bonds is 23. The van der Waals surface area contributed by atoms with Crippen LogP contribution >= 0.6 is 0 Å². The maximum Gasteiger partial charge on any atom is 0.312 e. The molecule has 10 rings (SSSR count). The van der Waals surface area contributed by atoms with Crippen LogP contribution in [0.2, 0.25) is 0 Å². The highest BCUT2D eigenvalue weighted by molar-refractivity contribution is 6.10. The molecule has 0 radical (unpaired) electrons. The van der Waals surface area contributed by atoms with Gasteiger partial charge in [-0.2, -0.15) is 0 Å². The van der Waals surface area contributed by atoms with Gasteiger partial charge in [0.2, 0.25) is 5.91 Å². The summed E-state index contributed by atoms with van der Waals surface area (Å²) in [6.45, 7) is 17.7. The molecule has 436 valence electrons. The molecule has 5 atom stereocenters. The highest BCUT2D eigenvalue weighted by atomic mass is 16.5. The number of carbonyl (C=O) groups excluding carboxylic acids is 4. The summed E-state index contributed by atoms with van der Waals surface area (Å²) in [6, 6.07) is 31.3. The molecule has 16 heteroatoms. The molecule has 0 aromatic heterocycles. The predicted molar refractivity (Wildman–Crippen MR) is 325 cm³/mol. The lowest BCUT2D eigenvalue weighted by Crippen LogP contribution is -2.46. The van der Waals surface area contributed by atoms with Crippen molar-refractivity contribution in [3.8, 4) is 17.2 Å². The van der Waals surface area contributed by atoms with Gasteiger partial charge in [0.1, 0.15) is 18.1 Å². The van der Waals surface area contributed by atoms with Crippen LogP contribution in [0.4, 0.5) is 28.4 Å². The van der Waals surface area contributed by atoms with Gasteiger partial charge in [-0.25, -0.2) is 0 Å². The first-order chi connectivity index (χ1) is 40.1. The predicted octanol–water partition coefficient (Wildman–Crippen LogP) is 10.8. The number of likely N-dealkylation sites (N-methyl/N-ethyl adjacent to an activating group) is 1. The minimum atomic E-state index is -0.608. The standard InChI is InChI=1S/C67H79N7O9/c1-41(2)44(5)61(75)32-43(4)65(76)69-50-17-11-45(12-18-50)40-83-67(78)53-23-30-82-64(53)60-31-42(3)39-74(60)66(77)54-37-62(79-7)63(38-55(54)68)81-29-10-8-9-28-80-52-20-14-46(15-21-52)57-35-49-33-47(16-22-56(49)70-57)58-34-48-13-19-51(36-59(48)71-58)73-26-24-72(6)25-27-73/h11-22,33,36-38,41,43-44,53,60,64H,3,8-10,23-32,34-35,39-40,68H2,1-2,4-7H3,(H,69,76)/t43-,44+,53?,60+,64?/m1/s1. The van der Waals surface area contributed by atoms with Crippen LogP contribution in [0.5, 0.6) is 17.2 Å². The van der Waals surface area contributed by atoms with Crippen LogP contribution in [-0.4, -0.2) is 124 Å². The van der Waals surface area contributed by atoms with E-state index in [2.05, 4.69) is 77.3 Å². The largest absolute Gasteiger partial charge is 0.494 e. The molecule has 5 aliphatic heterocycles. The number of anilines is 3. The van der Waals surface area contributed by atoms with E-state index in [9.17, 15) is 19.2 Å². The fourth-order valence-corrected chi connectivity index (χ4v) is 11.6. The Labute approximate surface area is 488 Å². The van der Waals surface area contributed by atoms with E-state index in [0.717, 1.165) is 109 Å². The summed E-state index contributed by atoms with van der Waals surface area (Å²) < 4.78 is 30.0. The smallest absolute Gasteiger partial charge is 0.312 e. The number of nitrogens with one attached hydrogen (secondary N) is 1. The highest BCUT2D eigenvalue weighted by Gasteiger charge is 2.47. The molecule has 5 aliphatic rings. The number of ketones is 1. The van der Waals surface area contributed by atoms with E-state index in [1.54, 1.807) is 48.2 Å². The molecule has 0 saturated carbocycles. The van der Waals surface area contributed by atoms with Crippen molar-refractivity contribution in [1.29, 1.82) is 0 Å². The Bertz CT molecular complexity index is 3270. The number of fused-ring (bicyclic) bond motifs is 2. The van der Waals surface area contributed by atoms with Crippen LogP contribution in [-0.2, 0) is 43.3 Å². The van der Waals surface area contributed by atoms with Gasteiger partial charge < -0.3 is 49.4 Å². The number of unbranched alkanes of at least 4 members (excludes halogenated alkanes) is 2. The summed E-state index contributed by atoms with van der Waals surface area (Å²) in [5.41, 5.74) is 19.5. The monoisotopic (exact) mass is 1130 g/mol. The minimum Gasteiger partial charge on any atom is -0.494 e. The van der Waals surface area contributed by atoms with Gasteiger partial charge in [0, 0.05) is 93.6 Å². The van der Waals surface area contributed by atoms with Crippen LogP contribution in [0.15, 0.2) is 119 Å². The van der Waals surface area contributed by atoms with E-state index in [4.69, 9.17) is 39.4 Å². The number of nitrogens with zero attached hydrogens (tertiary/aromatic N) is 5. The van der Waals surface area contributed by atoms with Crippen molar-refractivity contribution in [1.82, 2.24) is 9.80 Å². The molecular formula is C67H79N7O9. The molecular weight excluding hydrogens is 1050 g/mol. The number of nitrogens with two attached hydrogens (primary N) is 1. The quantitative estimate of drug-likeness (QED) is 0.0273. The van der Waals surface area contributed by atoms with Crippen LogP contribution in [0.3, 0.4) is 0 Å². The van der Waals surface area contributed by atoms with Crippen molar-refractivity contribution in [2.75, 3.05) is 82.7 Å². The number of methoxy groups -OCH3 is 1. The average molecular weight is 1130 g/mol. The summed E-state index contributed by atoms with van der Waals surface area (Å²) >= 11 is 0. The van der Waals surface area contributed by atoms with Crippen molar-refractivity contribution < 1.29 is 42.9 Å². The van der Waals surface area contributed by atoms with Gasteiger partial charge in [-0.1, -0.05) is 64.1 Å². The Morgan fingerprint density at radius 3 is 2.24 bits per heavy atom. The van der Waals surface area contributed by atoms with Gasteiger partial charge in [-0.15, -0.1) is 0 Å². The number of Topliss-reactive ketones (excluding diaryl/α,β-unsaturated/α-hetero) is 1. The van der Waals surface area contributed by atoms with E-state index in [1.165, 1.54) is 23.9 Å². The number of carbonyl (C=O) groups is 4. The molecule has 2 amide bonds. The average Bonchev–Trinajstić information content (AvgIpc) is 3.67. The number of amides is 2. The van der Waals surface area contributed by atoms with Crippen LogP contribution in [0.1, 0.15) is 104 Å². The van der Waals surface area contributed by atoms with E-state index in [-0.39, 0.29) is 60.3 Å². The maximum absolute atomic E-state index is 14.4. The third-order valence-electron chi connectivity index (χ3n) is 17.1. The zero-order valence-corrected chi connectivity index (χ0v) is 48.9. The van der Waals surface area contributed by atoms with Gasteiger partial charge in [0.15, 0.2) is 11.5 Å². The summed E-state index contributed by atoms with van der Waals surface area (Å²) in [4.78, 5) is 70.1. The molecule has 5 heterocycles. The fraction of sp³-hybridized carbons (Fsp3) is 0.433. The Kier molecular flexibility index (Phi) is 18.4. The number of likely N-dealkylation sites (tertiary alicyclic amines) is 1. The van der Waals surface area contributed by atoms with Crippen molar-refractivity contribution in [2.45, 2.75) is 97.8 Å². The van der Waals surface area contributed by atoms with Gasteiger partial charge in [0.05, 0.1) is 66.7 Å². The summed E-state index contributed by atoms with van der Waals surface area (Å²) in [7, 11) is 3.71. The molecule has 3 fully saturated rings. The number of aliphatic imine (C=N–C) groups is 2. The Morgan fingerprint density at radius 2 is 1.49 bits per heavy atom. The zero-order valence-electron chi connectivity index (χ0n) is 48.9. The number of benzene rings is 5. The van der Waals surface area contributed by atoms with Gasteiger partial charge in [0.25, 0.3) is 5.91 Å². The van der Waals surface area contributed by atoms with E-state index < -0.39 is 30.0 Å². The van der Waals surface area contributed by atoms with Gasteiger partial charge >= 0.3 is 5.97 Å². The molecule has 0 bridgehead atoms. The lowest BCUT2D eigenvalue weighted by molar-refractivity contribution is -0.152. The van der Waals surface area contributed by atoms with Crippen LogP contribution in [0.25, 0.3) is 0 Å². The van der Waals surface area contributed by atoms with Crippen molar-refractivity contribution in [2.24, 2.45) is 33.7 Å². The number of nitrogen functional groups attached to an aromatic ring is 1. The normalized spacial score (nSPS) is 19.2. The second-order valence-electron chi connectivity index (χ2n) is 23.4. The second-order valence-corrected chi connectivity index (χ2v) is 23.4. The van der Waals surface area contributed by atoms with E-state index in [1.807, 2.05) is 32.9 Å². The molecule has 0 spiro atoms. The third kappa shape index (κ3) is 13.8. The van der Waals surface area contributed by atoms with Crippen molar-refractivity contribution in [3.05, 3.63) is 143 Å². The van der Waals surface area contributed by atoms with E-state index >= 15 is 0 Å². The molecule has 16 nitrogen and oxygen atoms in total. The lowest BCUT2D eigenvalue weighted by Gasteiger charge is -2.34. The van der Waals surface area contributed by atoms with Crippen molar-refractivity contribution in [3.63, 3.8) is 0 Å². The molecule has 83 heavy (non-hydrogen) atoms. The summed E-state index contributed by atoms with van der Waals surface area (Å²) in [6.07, 6.45) is 4.56. The van der Waals surface area contributed by atoms with Crippen molar-refractivity contribution >= 4 is 63.4 Å². The second kappa shape index (κ2) is 26.2.